The predicted molar refractivity (Wildman–Crippen MR) is 63.2 cm³/mol. The van der Waals surface area contributed by atoms with Crippen LogP contribution in [0.2, 0.25) is 0 Å². The molecule has 0 bridgehead atoms. The van der Waals surface area contributed by atoms with E-state index in [1.54, 1.807) is 0 Å². The summed E-state index contributed by atoms with van der Waals surface area (Å²) in [6.45, 7) is 7.37. The molecule has 3 nitrogen and oxygen atoms in total. The molecule has 0 aliphatic carbocycles. The number of hydrogen-bond acceptors (Lipinski definition) is 3. The quantitative estimate of drug-likeness (QED) is 0.546. The molecule has 0 saturated heterocycles. The predicted octanol–water partition coefficient (Wildman–Crippen LogP) is 2.30. The lowest BCUT2D eigenvalue weighted by Crippen LogP contribution is -2.03. The van der Waals surface area contributed by atoms with Crippen molar-refractivity contribution in [2.24, 2.45) is 5.92 Å². The number of ether oxygens (including phenoxy) is 1. The summed E-state index contributed by atoms with van der Waals surface area (Å²) in [6.07, 6.45) is 3.68. The molecule has 0 unspecified atom stereocenters. The van der Waals surface area contributed by atoms with Crippen LogP contribution in [0.25, 0.3) is 0 Å². The Morgan fingerprint density at radius 3 is 2.81 bits per heavy atom. The van der Waals surface area contributed by atoms with Crippen LogP contribution in [0.4, 0.5) is 0 Å². The van der Waals surface area contributed by atoms with E-state index < -0.39 is 0 Å². The average Bonchev–Trinajstić information content (AvgIpc) is 2.22. The van der Waals surface area contributed by atoms with Gasteiger partial charge in [-0.25, -0.2) is 0 Å². The van der Waals surface area contributed by atoms with E-state index in [4.69, 9.17) is 0 Å². The molecule has 1 rings (SSSR count). The first-order chi connectivity index (χ1) is 7.63. The Bertz CT molecular complexity index is 348. The van der Waals surface area contributed by atoms with E-state index in [1.807, 2.05) is 6.20 Å². The van der Waals surface area contributed by atoms with Gasteiger partial charge in [0.2, 0.25) is 0 Å². The summed E-state index contributed by atoms with van der Waals surface area (Å²) < 4.78 is 4.65. The fourth-order valence-corrected chi connectivity index (χ4v) is 1.64. The number of pyridine rings is 1. The maximum Gasteiger partial charge on any atom is 0.293 e. The molecule has 0 aromatic carbocycles. The normalized spacial score (nSPS) is 10.5. The maximum absolute atomic E-state index is 9.99. The number of hydrogen-bond donors (Lipinski definition) is 0. The average molecular weight is 221 g/mol. The van der Waals surface area contributed by atoms with Gasteiger partial charge in [0.15, 0.2) is 0 Å². The minimum absolute atomic E-state index is 0.402. The lowest BCUT2D eigenvalue weighted by atomic mass is 10.00. The first-order valence-electron chi connectivity index (χ1n) is 5.63. The number of nitrogens with zero attached hydrogens (tertiary/aromatic N) is 1. The molecule has 1 heterocycles. The van der Waals surface area contributed by atoms with Gasteiger partial charge in [-0.2, -0.15) is 0 Å². The molecule has 0 amide bonds. The van der Waals surface area contributed by atoms with Gasteiger partial charge in [0, 0.05) is 18.3 Å². The Morgan fingerprint density at radius 2 is 2.25 bits per heavy atom. The van der Waals surface area contributed by atoms with Crippen molar-refractivity contribution in [3.8, 4) is 0 Å². The van der Waals surface area contributed by atoms with Gasteiger partial charge in [-0.1, -0.05) is 13.8 Å². The minimum Gasteiger partial charge on any atom is -0.467 e. The molecule has 0 N–H and O–H groups in total. The highest BCUT2D eigenvalue weighted by Gasteiger charge is 2.04. The number of rotatable bonds is 6. The van der Waals surface area contributed by atoms with Gasteiger partial charge in [-0.3, -0.25) is 9.78 Å². The molecule has 1 aromatic rings. The number of carbonyl (C=O) groups excluding carboxylic acids is 1. The zero-order chi connectivity index (χ0) is 12.0. The molecule has 0 fully saturated rings. The summed E-state index contributed by atoms with van der Waals surface area (Å²) in [7, 11) is 0. The third kappa shape index (κ3) is 4.01. The Kier molecular flexibility index (Phi) is 4.96. The van der Waals surface area contributed by atoms with Crippen molar-refractivity contribution < 1.29 is 9.53 Å². The largest absolute Gasteiger partial charge is 0.467 e. The summed E-state index contributed by atoms with van der Waals surface area (Å²) in [5.74, 6) is 0.643. The van der Waals surface area contributed by atoms with Gasteiger partial charge >= 0.3 is 0 Å². The number of aryl methyl sites for hydroxylation is 1. The smallest absolute Gasteiger partial charge is 0.293 e. The Hall–Kier alpha value is -1.38. The van der Waals surface area contributed by atoms with Gasteiger partial charge in [0.1, 0.15) is 0 Å². The van der Waals surface area contributed by atoms with Crippen LogP contribution in [0.3, 0.4) is 0 Å². The Morgan fingerprint density at radius 1 is 1.50 bits per heavy atom. The van der Waals surface area contributed by atoms with Crippen molar-refractivity contribution in [1.29, 1.82) is 0 Å². The standard InChI is InChI=1S/C13H19NO2/c1-10(2)6-12-8-14-13(7-11(12)3)4-5-16-9-15/h7-10H,4-6H2,1-3H3. The summed E-state index contributed by atoms with van der Waals surface area (Å²) in [5.41, 5.74) is 3.55. The summed E-state index contributed by atoms with van der Waals surface area (Å²) in [6, 6.07) is 2.08. The molecule has 0 saturated carbocycles. The van der Waals surface area contributed by atoms with Crippen LogP contribution in [0, 0.1) is 12.8 Å². The molecule has 0 radical (unpaired) electrons. The van der Waals surface area contributed by atoms with Crippen LogP contribution < -0.4 is 0 Å². The first kappa shape index (κ1) is 12.7. The highest BCUT2D eigenvalue weighted by molar-refractivity contribution is 5.37. The van der Waals surface area contributed by atoms with Gasteiger partial charge in [0.05, 0.1) is 6.61 Å². The van der Waals surface area contributed by atoms with Gasteiger partial charge in [-0.15, -0.1) is 0 Å². The highest BCUT2D eigenvalue weighted by Crippen LogP contribution is 2.13. The second-order valence-corrected chi connectivity index (χ2v) is 4.42. The van der Waals surface area contributed by atoms with Crippen LogP contribution >= 0.6 is 0 Å². The van der Waals surface area contributed by atoms with Gasteiger partial charge < -0.3 is 4.74 Å². The van der Waals surface area contributed by atoms with Crippen molar-refractivity contribution in [2.75, 3.05) is 6.61 Å². The zero-order valence-electron chi connectivity index (χ0n) is 10.2. The fraction of sp³-hybridized carbons (Fsp3) is 0.538. The Balaban J connectivity index is 2.63. The van der Waals surface area contributed by atoms with Crippen molar-refractivity contribution in [3.05, 3.63) is 29.1 Å². The van der Waals surface area contributed by atoms with E-state index in [1.165, 1.54) is 11.1 Å². The second-order valence-electron chi connectivity index (χ2n) is 4.42. The van der Waals surface area contributed by atoms with Crippen LogP contribution in [-0.2, 0) is 22.4 Å². The van der Waals surface area contributed by atoms with Crippen LogP contribution in [0.15, 0.2) is 12.3 Å². The van der Waals surface area contributed by atoms with Crippen molar-refractivity contribution in [2.45, 2.75) is 33.6 Å². The third-order valence-electron chi connectivity index (χ3n) is 2.45. The Labute approximate surface area is 96.8 Å². The molecule has 0 aliphatic heterocycles. The van der Waals surface area contributed by atoms with Crippen molar-refractivity contribution in [3.63, 3.8) is 0 Å². The van der Waals surface area contributed by atoms with E-state index in [2.05, 4.69) is 36.6 Å². The minimum atomic E-state index is 0.402. The summed E-state index contributed by atoms with van der Waals surface area (Å²) in [4.78, 5) is 14.4. The van der Waals surface area contributed by atoms with Crippen LogP contribution in [0.5, 0.6) is 0 Å². The van der Waals surface area contributed by atoms with E-state index in [-0.39, 0.29) is 0 Å². The maximum atomic E-state index is 9.99. The van der Waals surface area contributed by atoms with Crippen molar-refractivity contribution >= 4 is 6.47 Å². The van der Waals surface area contributed by atoms with Gasteiger partial charge in [0.25, 0.3) is 6.47 Å². The molecule has 0 atom stereocenters. The van der Waals surface area contributed by atoms with Crippen LogP contribution in [0.1, 0.15) is 30.7 Å². The van der Waals surface area contributed by atoms with E-state index in [0.29, 0.717) is 25.4 Å². The lowest BCUT2D eigenvalue weighted by Gasteiger charge is -2.09. The van der Waals surface area contributed by atoms with Crippen molar-refractivity contribution in [1.82, 2.24) is 4.98 Å². The molecular formula is C13H19NO2. The van der Waals surface area contributed by atoms with E-state index in [0.717, 1.165) is 12.1 Å². The molecular weight excluding hydrogens is 202 g/mol. The number of aromatic nitrogens is 1. The second kappa shape index (κ2) is 6.26. The number of carbonyl (C=O) groups is 1. The first-order valence-corrected chi connectivity index (χ1v) is 5.63. The van der Waals surface area contributed by atoms with Crippen LogP contribution in [-0.4, -0.2) is 18.1 Å². The summed E-state index contributed by atoms with van der Waals surface area (Å²) in [5, 5.41) is 0. The lowest BCUT2D eigenvalue weighted by molar-refractivity contribution is -0.128. The molecule has 1 aromatic heterocycles. The van der Waals surface area contributed by atoms with E-state index in [9.17, 15) is 4.79 Å². The van der Waals surface area contributed by atoms with Gasteiger partial charge in [-0.05, 0) is 36.5 Å². The molecule has 0 aliphatic rings. The molecule has 16 heavy (non-hydrogen) atoms. The topological polar surface area (TPSA) is 39.2 Å². The molecule has 0 spiro atoms. The monoisotopic (exact) mass is 221 g/mol. The SMILES string of the molecule is Cc1cc(CCOC=O)ncc1CC(C)C. The molecule has 3 heteroatoms. The summed E-state index contributed by atoms with van der Waals surface area (Å²) >= 11 is 0. The highest BCUT2D eigenvalue weighted by atomic mass is 16.5. The molecule has 88 valence electrons. The zero-order valence-corrected chi connectivity index (χ0v) is 10.2. The fourth-order valence-electron chi connectivity index (χ4n) is 1.64. The third-order valence-corrected chi connectivity index (χ3v) is 2.45. The van der Waals surface area contributed by atoms with E-state index >= 15 is 0 Å².